The van der Waals surface area contributed by atoms with Crippen LogP contribution < -0.4 is 15.5 Å². The van der Waals surface area contributed by atoms with Crippen molar-refractivity contribution >= 4 is 17.5 Å². The van der Waals surface area contributed by atoms with Crippen LogP contribution in [0.1, 0.15) is 29.6 Å². The van der Waals surface area contributed by atoms with Crippen LogP contribution in [0.2, 0.25) is 0 Å². The molecule has 0 spiro atoms. The summed E-state index contributed by atoms with van der Waals surface area (Å²) in [6.07, 6.45) is 2.80. The average Bonchev–Trinajstić information content (AvgIpc) is 3.34. The summed E-state index contributed by atoms with van der Waals surface area (Å²) in [5.74, 6) is 0.115. The van der Waals surface area contributed by atoms with Crippen LogP contribution in [-0.2, 0) is 4.79 Å². The molecule has 0 radical (unpaired) electrons. The van der Waals surface area contributed by atoms with Gasteiger partial charge in [-0.25, -0.2) is 0 Å². The first-order valence-corrected chi connectivity index (χ1v) is 7.44. The molecule has 0 heterocycles. The topological polar surface area (TPSA) is 61.4 Å². The highest BCUT2D eigenvalue weighted by atomic mass is 16.2. The molecule has 5 nitrogen and oxygen atoms in total. The number of hydrogen-bond acceptors (Lipinski definition) is 3. The Kier molecular flexibility index (Phi) is 5.33. The smallest absolute Gasteiger partial charge is 0.253 e. The second-order valence-electron chi connectivity index (χ2n) is 5.40. The Morgan fingerprint density at radius 2 is 1.95 bits per heavy atom. The minimum absolute atomic E-state index is 0.102. The Morgan fingerprint density at radius 3 is 2.62 bits per heavy atom. The lowest BCUT2D eigenvalue weighted by molar-refractivity contribution is -0.119. The SMILES string of the molecule is CNCCCNC(=O)c1ccccc1N(C)C(=O)C1CC1. The molecular formula is C16H23N3O2. The van der Waals surface area contributed by atoms with Crippen molar-refractivity contribution in [3.05, 3.63) is 29.8 Å². The predicted octanol–water partition coefficient (Wildman–Crippen LogP) is 1.40. The molecule has 0 aromatic heterocycles. The van der Waals surface area contributed by atoms with Crippen molar-refractivity contribution in [2.45, 2.75) is 19.3 Å². The zero-order chi connectivity index (χ0) is 15.2. The summed E-state index contributed by atoms with van der Waals surface area (Å²) in [6.45, 7) is 1.48. The van der Waals surface area contributed by atoms with Crippen LogP contribution >= 0.6 is 0 Å². The van der Waals surface area contributed by atoms with E-state index in [4.69, 9.17) is 0 Å². The number of amides is 2. The number of benzene rings is 1. The van der Waals surface area contributed by atoms with Crippen LogP contribution in [0.15, 0.2) is 24.3 Å². The van der Waals surface area contributed by atoms with Gasteiger partial charge in [0.05, 0.1) is 11.3 Å². The Labute approximate surface area is 125 Å². The highest BCUT2D eigenvalue weighted by Gasteiger charge is 2.33. The summed E-state index contributed by atoms with van der Waals surface area (Å²) in [6, 6.07) is 7.26. The first-order chi connectivity index (χ1) is 10.1. The molecule has 2 rings (SSSR count). The Balaban J connectivity index is 2.05. The minimum atomic E-state index is -0.128. The van der Waals surface area contributed by atoms with Gasteiger partial charge in [0.2, 0.25) is 5.91 Å². The number of para-hydroxylation sites is 1. The van der Waals surface area contributed by atoms with Gasteiger partial charge in [0.25, 0.3) is 5.91 Å². The highest BCUT2D eigenvalue weighted by Crippen LogP contribution is 2.33. The standard InChI is InChI=1S/C16H23N3O2/c1-17-10-5-11-18-15(20)13-6-3-4-7-14(13)19(2)16(21)12-8-9-12/h3-4,6-7,12,17H,5,8-11H2,1-2H3,(H,18,20). The maximum Gasteiger partial charge on any atom is 0.253 e. The lowest BCUT2D eigenvalue weighted by Gasteiger charge is -2.20. The number of nitrogens with one attached hydrogen (secondary N) is 2. The molecule has 2 N–H and O–H groups in total. The van der Waals surface area contributed by atoms with Crippen LogP contribution in [0.5, 0.6) is 0 Å². The molecule has 1 aliphatic carbocycles. The zero-order valence-corrected chi connectivity index (χ0v) is 12.7. The van der Waals surface area contributed by atoms with Crippen LogP contribution in [0.3, 0.4) is 0 Å². The molecule has 2 amide bonds. The fourth-order valence-corrected chi connectivity index (χ4v) is 2.24. The summed E-state index contributed by atoms with van der Waals surface area (Å²) >= 11 is 0. The molecule has 114 valence electrons. The summed E-state index contributed by atoms with van der Waals surface area (Å²) < 4.78 is 0. The van der Waals surface area contributed by atoms with E-state index in [1.165, 1.54) is 0 Å². The van der Waals surface area contributed by atoms with Crippen molar-refractivity contribution in [3.8, 4) is 0 Å². The number of hydrogen-bond donors (Lipinski definition) is 2. The third-order valence-corrected chi connectivity index (χ3v) is 3.66. The van der Waals surface area contributed by atoms with Gasteiger partial charge in [0.15, 0.2) is 0 Å². The van der Waals surface area contributed by atoms with Gasteiger partial charge < -0.3 is 15.5 Å². The largest absolute Gasteiger partial charge is 0.352 e. The summed E-state index contributed by atoms with van der Waals surface area (Å²) in [5.41, 5.74) is 1.24. The van der Waals surface area contributed by atoms with Gasteiger partial charge in [0, 0.05) is 19.5 Å². The van der Waals surface area contributed by atoms with Gasteiger partial charge in [-0.2, -0.15) is 0 Å². The molecular weight excluding hydrogens is 266 g/mol. The number of carbonyl (C=O) groups excluding carboxylic acids is 2. The Hall–Kier alpha value is -1.88. The average molecular weight is 289 g/mol. The number of anilines is 1. The molecule has 0 aliphatic heterocycles. The number of carbonyl (C=O) groups is 2. The molecule has 1 fully saturated rings. The van der Waals surface area contributed by atoms with Crippen molar-refractivity contribution in [2.24, 2.45) is 5.92 Å². The van der Waals surface area contributed by atoms with Gasteiger partial charge in [-0.3, -0.25) is 9.59 Å². The first kappa shape index (κ1) is 15.5. The molecule has 1 aromatic rings. The molecule has 1 aliphatic rings. The van der Waals surface area contributed by atoms with E-state index >= 15 is 0 Å². The highest BCUT2D eigenvalue weighted by molar-refractivity contribution is 6.05. The Morgan fingerprint density at radius 1 is 1.24 bits per heavy atom. The lowest BCUT2D eigenvalue weighted by Crippen LogP contribution is -2.32. The molecule has 21 heavy (non-hydrogen) atoms. The predicted molar refractivity (Wildman–Crippen MR) is 83.5 cm³/mol. The van der Waals surface area contributed by atoms with Gasteiger partial charge in [-0.15, -0.1) is 0 Å². The van der Waals surface area contributed by atoms with Crippen molar-refractivity contribution in [3.63, 3.8) is 0 Å². The maximum atomic E-state index is 12.3. The van der Waals surface area contributed by atoms with E-state index < -0.39 is 0 Å². The first-order valence-electron chi connectivity index (χ1n) is 7.44. The zero-order valence-electron chi connectivity index (χ0n) is 12.7. The number of rotatable bonds is 7. The lowest BCUT2D eigenvalue weighted by atomic mass is 10.1. The molecule has 0 bridgehead atoms. The van der Waals surface area contributed by atoms with Crippen LogP contribution in [0, 0.1) is 5.92 Å². The van der Waals surface area contributed by atoms with Gasteiger partial charge in [0.1, 0.15) is 0 Å². The second-order valence-corrected chi connectivity index (χ2v) is 5.40. The molecule has 1 aromatic carbocycles. The van der Waals surface area contributed by atoms with E-state index in [1.807, 2.05) is 25.2 Å². The van der Waals surface area contributed by atoms with Crippen LogP contribution in [0.4, 0.5) is 5.69 Å². The third kappa shape index (κ3) is 4.04. The monoisotopic (exact) mass is 289 g/mol. The van der Waals surface area contributed by atoms with E-state index in [0.717, 1.165) is 25.8 Å². The van der Waals surface area contributed by atoms with E-state index in [9.17, 15) is 9.59 Å². The molecule has 1 saturated carbocycles. The molecule has 0 atom stereocenters. The van der Waals surface area contributed by atoms with Crippen molar-refractivity contribution in [1.29, 1.82) is 0 Å². The minimum Gasteiger partial charge on any atom is -0.352 e. The summed E-state index contributed by atoms with van der Waals surface area (Å²) in [5, 5.41) is 5.94. The van der Waals surface area contributed by atoms with E-state index in [0.29, 0.717) is 17.8 Å². The molecule has 5 heteroatoms. The fourth-order valence-electron chi connectivity index (χ4n) is 2.24. The summed E-state index contributed by atoms with van der Waals surface area (Å²) in [4.78, 5) is 26.0. The van der Waals surface area contributed by atoms with E-state index in [2.05, 4.69) is 10.6 Å². The van der Waals surface area contributed by atoms with Crippen molar-refractivity contribution < 1.29 is 9.59 Å². The van der Waals surface area contributed by atoms with E-state index in [1.54, 1.807) is 18.0 Å². The maximum absolute atomic E-state index is 12.3. The second kappa shape index (κ2) is 7.22. The quantitative estimate of drug-likeness (QED) is 0.746. The third-order valence-electron chi connectivity index (χ3n) is 3.66. The van der Waals surface area contributed by atoms with Gasteiger partial charge in [-0.1, -0.05) is 12.1 Å². The van der Waals surface area contributed by atoms with Crippen molar-refractivity contribution in [1.82, 2.24) is 10.6 Å². The van der Waals surface area contributed by atoms with Crippen LogP contribution in [-0.4, -0.2) is 39.0 Å². The normalized spacial score (nSPS) is 13.8. The number of nitrogens with zero attached hydrogens (tertiary/aromatic N) is 1. The Bertz CT molecular complexity index is 512. The van der Waals surface area contributed by atoms with Gasteiger partial charge >= 0.3 is 0 Å². The summed E-state index contributed by atoms with van der Waals surface area (Å²) in [7, 11) is 3.63. The fraction of sp³-hybridized carbons (Fsp3) is 0.500. The van der Waals surface area contributed by atoms with Gasteiger partial charge in [-0.05, 0) is 45.0 Å². The molecule has 0 unspecified atom stereocenters. The van der Waals surface area contributed by atoms with Crippen molar-refractivity contribution in [2.75, 3.05) is 32.1 Å². The molecule has 0 saturated heterocycles. The van der Waals surface area contributed by atoms with Crippen LogP contribution in [0.25, 0.3) is 0 Å². The van der Waals surface area contributed by atoms with E-state index in [-0.39, 0.29) is 17.7 Å².